The quantitative estimate of drug-likeness (QED) is 0.610. The number of thioether (sulfide) groups is 1. The molecule has 0 aliphatic heterocycles. The van der Waals surface area contributed by atoms with Crippen LogP contribution < -0.4 is 10.6 Å². The fourth-order valence-corrected chi connectivity index (χ4v) is 4.07. The van der Waals surface area contributed by atoms with E-state index in [9.17, 15) is 9.59 Å². The standard InChI is InChI=1S/C20H31N3O2S.ClH/c1-21-12-13-23(2)20(25)17-10-6-7-11-18(17)26-15-19(24)22-14-16-8-4-3-5-9-16;/h6-7,10-11,16,21H,3-5,8-9,12-15H2,1-2H3,(H,22,24);1H. The van der Waals surface area contributed by atoms with Crippen LogP contribution in [0.4, 0.5) is 0 Å². The van der Waals surface area contributed by atoms with Crippen LogP contribution in [0, 0.1) is 5.92 Å². The summed E-state index contributed by atoms with van der Waals surface area (Å²) in [5.74, 6) is 1.02. The molecule has 0 bridgehead atoms. The number of hydrogen-bond donors (Lipinski definition) is 2. The third-order valence-electron chi connectivity index (χ3n) is 4.83. The van der Waals surface area contributed by atoms with E-state index in [4.69, 9.17) is 0 Å². The number of hydrogen-bond acceptors (Lipinski definition) is 4. The van der Waals surface area contributed by atoms with E-state index in [1.807, 2.05) is 31.3 Å². The molecule has 1 saturated carbocycles. The first-order valence-corrected chi connectivity index (χ1v) is 10.5. The van der Waals surface area contributed by atoms with Gasteiger partial charge in [0.05, 0.1) is 11.3 Å². The van der Waals surface area contributed by atoms with Crippen molar-refractivity contribution >= 4 is 36.0 Å². The molecule has 152 valence electrons. The Kier molecular flexibility index (Phi) is 11.5. The lowest BCUT2D eigenvalue weighted by atomic mass is 9.89. The maximum Gasteiger partial charge on any atom is 0.254 e. The molecule has 0 radical (unpaired) electrons. The smallest absolute Gasteiger partial charge is 0.254 e. The van der Waals surface area contributed by atoms with Crippen LogP contribution in [0.2, 0.25) is 0 Å². The third-order valence-corrected chi connectivity index (χ3v) is 5.91. The summed E-state index contributed by atoms with van der Waals surface area (Å²) in [5, 5.41) is 6.11. The van der Waals surface area contributed by atoms with Crippen molar-refractivity contribution in [1.82, 2.24) is 15.5 Å². The Labute approximate surface area is 173 Å². The molecule has 1 fully saturated rings. The van der Waals surface area contributed by atoms with Gasteiger partial charge in [-0.15, -0.1) is 24.2 Å². The highest BCUT2D eigenvalue weighted by molar-refractivity contribution is 8.00. The molecule has 1 aromatic carbocycles. The molecule has 0 unspecified atom stereocenters. The summed E-state index contributed by atoms with van der Waals surface area (Å²) in [6.07, 6.45) is 6.35. The molecule has 0 spiro atoms. The monoisotopic (exact) mass is 413 g/mol. The Morgan fingerprint density at radius 3 is 2.59 bits per heavy atom. The van der Waals surface area contributed by atoms with Crippen molar-refractivity contribution in [1.29, 1.82) is 0 Å². The molecule has 27 heavy (non-hydrogen) atoms. The van der Waals surface area contributed by atoms with Gasteiger partial charge in [-0.3, -0.25) is 9.59 Å². The van der Waals surface area contributed by atoms with Crippen molar-refractivity contribution in [3.05, 3.63) is 29.8 Å². The predicted octanol–water partition coefficient (Wildman–Crippen LogP) is 3.19. The second kappa shape index (κ2) is 13.0. The summed E-state index contributed by atoms with van der Waals surface area (Å²) >= 11 is 1.44. The second-order valence-corrected chi connectivity index (χ2v) is 7.94. The lowest BCUT2D eigenvalue weighted by molar-refractivity contribution is -0.118. The minimum Gasteiger partial charge on any atom is -0.355 e. The molecule has 0 heterocycles. The minimum absolute atomic E-state index is 0. The summed E-state index contributed by atoms with van der Waals surface area (Å²) in [6, 6.07) is 7.53. The molecule has 0 saturated heterocycles. The maximum absolute atomic E-state index is 12.6. The second-order valence-electron chi connectivity index (χ2n) is 6.92. The fourth-order valence-electron chi connectivity index (χ4n) is 3.20. The van der Waals surface area contributed by atoms with Gasteiger partial charge in [-0.2, -0.15) is 0 Å². The van der Waals surface area contributed by atoms with E-state index in [0.717, 1.165) is 18.0 Å². The first-order chi connectivity index (χ1) is 12.6. The number of benzene rings is 1. The lowest BCUT2D eigenvalue weighted by Crippen LogP contribution is -2.33. The van der Waals surface area contributed by atoms with Crippen LogP contribution in [-0.4, -0.2) is 56.2 Å². The summed E-state index contributed by atoms with van der Waals surface area (Å²) in [6.45, 7) is 2.18. The van der Waals surface area contributed by atoms with Crippen LogP contribution in [0.1, 0.15) is 42.5 Å². The highest BCUT2D eigenvalue weighted by Gasteiger charge is 2.17. The van der Waals surface area contributed by atoms with Crippen LogP contribution in [-0.2, 0) is 4.79 Å². The number of carbonyl (C=O) groups is 2. The zero-order chi connectivity index (χ0) is 18.8. The Balaban J connectivity index is 0.00000364. The molecule has 1 aromatic rings. The van der Waals surface area contributed by atoms with E-state index in [0.29, 0.717) is 23.8 Å². The molecule has 5 nitrogen and oxygen atoms in total. The summed E-state index contributed by atoms with van der Waals surface area (Å²) in [4.78, 5) is 27.4. The SMILES string of the molecule is CNCCN(C)C(=O)c1ccccc1SCC(=O)NCC1CCCCC1.Cl. The molecule has 1 aliphatic carbocycles. The normalized spacial score (nSPS) is 14.3. The summed E-state index contributed by atoms with van der Waals surface area (Å²) < 4.78 is 0. The van der Waals surface area contributed by atoms with Crippen molar-refractivity contribution in [2.45, 2.75) is 37.0 Å². The van der Waals surface area contributed by atoms with Crippen LogP contribution >= 0.6 is 24.2 Å². The van der Waals surface area contributed by atoms with Gasteiger partial charge in [-0.25, -0.2) is 0 Å². The van der Waals surface area contributed by atoms with E-state index < -0.39 is 0 Å². The van der Waals surface area contributed by atoms with Gasteiger partial charge < -0.3 is 15.5 Å². The molecule has 1 aliphatic rings. The third kappa shape index (κ3) is 8.11. The number of nitrogens with one attached hydrogen (secondary N) is 2. The van der Waals surface area contributed by atoms with Crippen molar-refractivity contribution in [2.75, 3.05) is 39.5 Å². The van der Waals surface area contributed by atoms with E-state index >= 15 is 0 Å². The van der Waals surface area contributed by atoms with Crippen molar-refractivity contribution in [3.8, 4) is 0 Å². The molecular formula is C20H32ClN3O2S. The van der Waals surface area contributed by atoms with Crippen LogP contribution in [0.25, 0.3) is 0 Å². The number of carbonyl (C=O) groups excluding carboxylic acids is 2. The van der Waals surface area contributed by atoms with Crippen LogP contribution in [0.5, 0.6) is 0 Å². The Morgan fingerprint density at radius 1 is 1.19 bits per heavy atom. The minimum atomic E-state index is -0.00837. The summed E-state index contributed by atoms with van der Waals surface area (Å²) in [7, 11) is 3.67. The molecular weight excluding hydrogens is 382 g/mol. The number of likely N-dealkylation sites (N-methyl/N-ethyl adjacent to an activating group) is 2. The Hall–Kier alpha value is -1.24. The van der Waals surface area contributed by atoms with Crippen LogP contribution in [0.15, 0.2) is 29.2 Å². The molecule has 2 amide bonds. The fraction of sp³-hybridized carbons (Fsp3) is 0.600. The molecule has 0 atom stereocenters. The van der Waals surface area contributed by atoms with E-state index in [1.54, 1.807) is 11.9 Å². The first kappa shape index (κ1) is 23.8. The highest BCUT2D eigenvalue weighted by Crippen LogP contribution is 2.24. The molecule has 0 aromatic heterocycles. The van der Waals surface area contributed by atoms with Crippen molar-refractivity contribution in [3.63, 3.8) is 0 Å². The van der Waals surface area contributed by atoms with E-state index in [2.05, 4.69) is 10.6 Å². The van der Waals surface area contributed by atoms with Crippen molar-refractivity contribution < 1.29 is 9.59 Å². The van der Waals surface area contributed by atoms with Gasteiger partial charge in [0.15, 0.2) is 0 Å². The average Bonchev–Trinajstić information content (AvgIpc) is 2.69. The number of halogens is 1. The zero-order valence-corrected chi connectivity index (χ0v) is 18.0. The number of amides is 2. The molecule has 2 rings (SSSR count). The zero-order valence-electron chi connectivity index (χ0n) is 16.3. The highest BCUT2D eigenvalue weighted by atomic mass is 35.5. The predicted molar refractivity (Wildman–Crippen MR) is 115 cm³/mol. The maximum atomic E-state index is 12.6. The van der Waals surface area contributed by atoms with Gasteiger partial charge in [-0.05, 0) is 37.9 Å². The summed E-state index contributed by atoms with van der Waals surface area (Å²) in [5.41, 5.74) is 0.663. The van der Waals surface area contributed by atoms with E-state index in [-0.39, 0.29) is 24.2 Å². The average molecular weight is 414 g/mol. The van der Waals surface area contributed by atoms with Gasteiger partial charge in [-0.1, -0.05) is 31.4 Å². The van der Waals surface area contributed by atoms with Gasteiger partial charge in [0, 0.05) is 31.6 Å². The topological polar surface area (TPSA) is 61.4 Å². The van der Waals surface area contributed by atoms with Gasteiger partial charge in [0.25, 0.3) is 5.91 Å². The van der Waals surface area contributed by atoms with Crippen LogP contribution in [0.3, 0.4) is 0 Å². The number of nitrogens with zero attached hydrogens (tertiary/aromatic N) is 1. The van der Waals surface area contributed by atoms with E-state index in [1.165, 1.54) is 43.9 Å². The first-order valence-electron chi connectivity index (χ1n) is 9.50. The lowest BCUT2D eigenvalue weighted by Gasteiger charge is -2.21. The molecule has 7 heteroatoms. The Bertz CT molecular complexity index is 594. The molecule has 2 N–H and O–H groups in total. The largest absolute Gasteiger partial charge is 0.355 e. The number of rotatable bonds is 9. The van der Waals surface area contributed by atoms with Crippen molar-refractivity contribution in [2.24, 2.45) is 5.92 Å². The Morgan fingerprint density at radius 2 is 1.89 bits per heavy atom. The van der Waals surface area contributed by atoms with Gasteiger partial charge in [0.2, 0.25) is 5.91 Å². The van der Waals surface area contributed by atoms with Gasteiger partial charge >= 0.3 is 0 Å². The van der Waals surface area contributed by atoms with Gasteiger partial charge in [0.1, 0.15) is 0 Å².